The number of hydrogen-bond acceptors (Lipinski definition) is 2. The zero-order valence-electron chi connectivity index (χ0n) is 11.0. The van der Waals surface area contributed by atoms with E-state index in [1.165, 1.54) is 0 Å². The number of aromatic nitrogens is 1. The maximum atomic E-state index is 13.6. The van der Waals surface area contributed by atoms with Crippen LogP contribution in [0.1, 0.15) is 22.7 Å². The summed E-state index contributed by atoms with van der Waals surface area (Å²) in [6.45, 7) is 1.76. The summed E-state index contributed by atoms with van der Waals surface area (Å²) in [7, 11) is 1.86. The van der Waals surface area contributed by atoms with Gasteiger partial charge in [0.25, 0.3) is 0 Å². The lowest BCUT2D eigenvalue weighted by molar-refractivity contribution is 0.574. The maximum absolute atomic E-state index is 13.6. The minimum absolute atomic E-state index is 0.0231. The fraction of sp³-hybridized carbons (Fsp3) is 0.267. The first kappa shape index (κ1) is 14.0. The van der Waals surface area contributed by atoms with E-state index in [0.717, 1.165) is 11.1 Å². The molecule has 0 radical (unpaired) electrons. The summed E-state index contributed by atoms with van der Waals surface area (Å²) in [5.41, 5.74) is 2.57. The van der Waals surface area contributed by atoms with Gasteiger partial charge in [0.2, 0.25) is 0 Å². The topological polar surface area (TPSA) is 24.9 Å². The van der Waals surface area contributed by atoms with Crippen LogP contribution in [0.25, 0.3) is 0 Å². The fourth-order valence-corrected chi connectivity index (χ4v) is 2.20. The molecule has 0 amide bonds. The van der Waals surface area contributed by atoms with E-state index in [2.05, 4.69) is 10.3 Å². The number of halogens is 2. The van der Waals surface area contributed by atoms with Crippen LogP contribution in [0.5, 0.6) is 0 Å². The second kappa shape index (κ2) is 6.13. The van der Waals surface area contributed by atoms with E-state index in [1.54, 1.807) is 31.5 Å². The van der Waals surface area contributed by atoms with Crippen LogP contribution in [0.2, 0.25) is 5.02 Å². The predicted molar refractivity (Wildman–Crippen MR) is 75.9 cm³/mol. The van der Waals surface area contributed by atoms with Crippen molar-refractivity contribution in [3.05, 3.63) is 64.2 Å². The number of pyridine rings is 1. The van der Waals surface area contributed by atoms with Gasteiger partial charge >= 0.3 is 0 Å². The van der Waals surface area contributed by atoms with Gasteiger partial charge in [-0.1, -0.05) is 23.7 Å². The molecule has 4 heteroatoms. The van der Waals surface area contributed by atoms with E-state index in [9.17, 15) is 4.39 Å². The third-order valence-electron chi connectivity index (χ3n) is 3.23. The zero-order chi connectivity index (χ0) is 13.8. The third kappa shape index (κ3) is 3.31. The highest BCUT2D eigenvalue weighted by Gasteiger charge is 2.13. The first-order valence-corrected chi connectivity index (χ1v) is 6.51. The van der Waals surface area contributed by atoms with Gasteiger partial charge in [0.15, 0.2) is 0 Å². The van der Waals surface area contributed by atoms with Crippen LogP contribution in [-0.4, -0.2) is 12.0 Å². The molecule has 0 aliphatic heterocycles. The molecule has 1 aromatic carbocycles. The molecule has 1 heterocycles. The molecule has 0 saturated heterocycles. The third-order valence-corrected chi connectivity index (χ3v) is 3.57. The van der Waals surface area contributed by atoms with Gasteiger partial charge in [-0.3, -0.25) is 4.98 Å². The molecule has 0 saturated carbocycles. The van der Waals surface area contributed by atoms with Crippen LogP contribution in [-0.2, 0) is 6.42 Å². The van der Waals surface area contributed by atoms with Crippen molar-refractivity contribution in [2.45, 2.75) is 19.4 Å². The van der Waals surface area contributed by atoms with E-state index < -0.39 is 0 Å². The van der Waals surface area contributed by atoms with E-state index in [0.29, 0.717) is 17.0 Å². The number of rotatable bonds is 4. The Morgan fingerprint density at radius 1 is 1.37 bits per heavy atom. The fourth-order valence-electron chi connectivity index (χ4n) is 2.00. The van der Waals surface area contributed by atoms with Crippen molar-refractivity contribution in [2.75, 3.05) is 7.05 Å². The summed E-state index contributed by atoms with van der Waals surface area (Å²) >= 11 is 6.10. The smallest absolute Gasteiger partial charge is 0.126 e. The molecule has 0 aliphatic rings. The van der Waals surface area contributed by atoms with Gasteiger partial charge in [-0.2, -0.15) is 0 Å². The zero-order valence-corrected chi connectivity index (χ0v) is 11.7. The maximum Gasteiger partial charge on any atom is 0.126 e. The molecule has 1 atom stereocenters. The van der Waals surface area contributed by atoms with Crippen LogP contribution >= 0.6 is 11.6 Å². The summed E-state index contributed by atoms with van der Waals surface area (Å²) in [5.74, 6) is -0.182. The SMILES string of the molecule is CNC(Cc1ccncc1Cl)c1ccc(C)c(F)c1. The Bertz CT molecular complexity index is 572. The Morgan fingerprint density at radius 2 is 2.16 bits per heavy atom. The highest BCUT2D eigenvalue weighted by Crippen LogP contribution is 2.23. The second-order valence-corrected chi connectivity index (χ2v) is 4.93. The molecule has 19 heavy (non-hydrogen) atoms. The Balaban J connectivity index is 2.25. The highest BCUT2D eigenvalue weighted by atomic mass is 35.5. The van der Waals surface area contributed by atoms with Crippen molar-refractivity contribution >= 4 is 11.6 Å². The second-order valence-electron chi connectivity index (χ2n) is 4.52. The minimum Gasteiger partial charge on any atom is -0.313 e. The molecule has 0 spiro atoms. The van der Waals surface area contributed by atoms with Gasteiger partial charge in [0, 0.05) is 18.4 Å². The van der Waals surface area contributed by atoms with Gasteiger partial charge in [0.05, 0.1) is 5.02 Å². The summed E-state index contributed by atoms with van der Waals surface area (Å²) in [4.78, 5) is 3.96. The standard InChI is InChI=1S/C15H16ClFN2/c1-10-3-4-12(7-14(10)17)15(18-2)8-11-5-6-19-9-13(11)16/h3-7,9,15,18H,8H2,1-2H3. The van der Waals surface area contributed by atoms with Crippen molar-refractivity contribution in [3.8, 4) is 0 Å². The number of hydrogen-bond donors (Lipinski definition) is 1. The average Bonchev–Trinajstić information content (AvgIpc) is 2.41. The van der Waals surface area contributed by atoms with Crippen molar-refractivity contribution < 1.29 is 4.39 Å². The van der Waals surface area contributed by atoms with Crippen molar-refractivity contribution in [3.63, 3.8) is 0 Å². The average molecular weight is 279 g/mol. The summed E-state index contributed by atoms with van der Waals surface area (Å²) in [6, 6.07) is 7.22. The summed E-state index contributed by atoms with van der Waals surface area (Å²) < 4.78 is 13.6. The van der Waals surface area contributed by atoms with E-state index in [-0.39, 0.29) is 11.9 Å². The molecule has 1 aromatic heterocycles. The summed E-state index contributed by atoms with van der Waals surface area (Å²) in [6.07, 6.45) is 4.03. The number of benzene rings is 1. The normalized spacial score (nSPS) is 12.4. The number of nitrogens with zero attached hydrogens (tertiary/aromatic N) is 1. The molecule has 0 aliphatic carbocycles. The first-order valence-electron chi connectivity index (χ1n) is 6.13. The Hall–Kier alpha value is -1.45. The first-order chi connectivity index (χ1) is 9.11. The molecule has 2 nitrogen and oxygen atoms in total. The molecule has 2 aromatic rings. The molecular formula is C15H16ClFN2. The minimum atomic E-state index is -0.182. The molecular weight excluding hydrogens is 263 g/mol. The Labute approximate surface area is 117 Å². The van der Waals surface area contributed by atoms with E-state index >= 15 is 0 Å². The quantitative estimate of drug-likeness (QED) is 0.923. The van der Waals surface area contributed by atoms with Crippen LogP contribution in [0.15, 0.2) is 36.7 Å². The van der Waals surface area contributed by atoms with Crippen molar-refractivity contribution in [1.29, 1.82) is 0 Å². The number of aryl methyl sites for hydroxylation is 1. The van der Waals surface area contributed by atoms with E-state index in [4.69, 9.17) is 11.6 Å². The monoisotopic (exact) mass is 278 g/mol. The van der Waals surface area contributed by atoms with Gasteiger partial charge < -0.3 is 5.32 Å². The number of likely N-dealkylation sites (N-methyl/N-ethyl adjacent to an activating group) is 1. The lowest BCUT2D eigenvalue weighted by Gasteiger charge is -2.18. The molecule has 2 rings (SSSR count). The van der Waals surface area contributed by atoms with Crippen LogP contribution < -0.4 is 5.32 Å². The van der Waals surface area contributed by atoms with Crippen molar-refractivity contribution in [2.24, 2.45) is 0 Å². The van der Waals surface area contributed by atoms with Crippen LogP contribution in [0, 0.1) is 12.7 Å². The highest BCUT2D eigenvalue weighted by molar-refractivity contribution is 6.31. The molecule has 0 bridgehead atoms. The van der Waals surface area contributed by atoms with E-state index in [1.807, 2.05) is 19.2 Å². The van der Waals surface area contributed by atoms with Gasteiger partial charge in [0.1, 0.15) is 5.82 Å². The summed E-state index contributed by atoms with van der Waals surface area (Å²) in [5, 5.41) is 3.83. The Morgan fingerprint density at radius 3 is 2.79 bits per heavy atom. The molecule has 0 fully saturated rings. The molecule has 1 N–H and O–H groups in total. The van der Waals surface area contributed by atoms with Gasteiger partial charge in [-0.25, -0.2) is 4.39 Å². The molecule has 1 unspecified atom stereocenters. The Kier molecular flexibility index (Phi) is 4.51. The largest absolute Gasteiger partial charge is 0.313 e. The van der Waals surface area contributed by atoms with Crippen LogP contribution in [0.3, 0.4) is 0 Å². The van der Waals surface area contributed by atoms with Gasteiger partial charge in [-0.15, -0.1) is 0 Å². The van der Waals surface area contributed by atoms with Crippen molar-refractivity contribution in [1.82, 2.24) is 10.3 Å². The van der Waals surface area contributed by atoms with Gasteiger partial charge in [-0.05, 0) is 49.2 Å². The number of nitrogens with one attached hydrogen (secondary N) is 1. The lowest BCUT2D eigenvalue weighted by Crippen LogP contribution is -2.19. The predicted octanol–water partition coefficient (Wildman–Crippen LogP) is 3.69. The molecule has 100 valence electrons. The van der Waals surface area contributed by atoms with Crippen LogP contribution in [0.4, 0.5) is 4.39 Å². The lowest BCUT2D eigenvalue weighted by atomic mass is 9.98.